The number of ether oxygens (including phenoxy) is 1. The van der Waals surface area contributed by atoms with Crippen molar-refractivity contribution in [3.05, 3.63) is 54.1 Å². The van der Waals surface area contributed by atoms with Gasteiger partial charge in [0.2, 0.25) is 0 Å². The van der Waals surface area contributed by atoms with E-state index in [-0.39, 0.29) is 0 Å². The van der Waals surface area contributed by atoms with Crippen LogP contribution in [0.3, 0.4) is 0 Å². The SMILES string of the molecule is CC(C)CCCC(C)CCCc1cccc(-c2cccc(OCCC(C)CCCC(C)C)c2)c1. The molecule has 0 amide bonds. The third-order valence-corrected chi connectivity index (χ3v) is 7.09. The van der Waals surface area contributed by atoms with Crippen molar-refractivity contribution in [2.24, 2.45) is 23.7 Å². The van der Waals surface area contributed by atoms with Gasteiger partial charge in [-0.1, -0.05) is 123 Å². The van der Waals surface area contributed by atoms with Gasteiger partial charge in [-0.2, -0.15) is 0 Å². The molecule has 0 aliphatic heterocycles. The summed E-state index contributed by atoms with van der Waals surface area (Å²) in [7, 11) is 0. The molecule has 0 N–H and O–H groups in total. The minimum absolute atomic E-state index is 0.733. The second-order valence-electron chi connectivity index (χ2n) is 11.6. The molecular formula is C33H52O. The Bertz CT molecular complexity index is 723. The molecule has 0 saturated heterocycles. The van der Waals surface area contributed by atoms with E-state index < -0.39 is 0 Å². The van der Waals surface area contributed by atoms with Gasteiger partial charge in [0.15, 0.2) is 0 Å². The Morgan fingerprint density at radius 2 is 1.15 bits per heavy atom. The van der Waals surface area contributed by atoms with Crippen LogP contribution in [-0.4, -0.2) is 6.61 Å². The van der Waals surface area contributed by atoms with Crippen LogP contribution in [-0.2, 0) is 6.42 Å². The van der Waals surface area contributed by atoms with E-state index in [0.29, 0.717) is 0 Å². The predicted molar refractivity (Wildman–Crippen MR) is 151 cm³/mol. The summed E-state index contributed by atoms with van der Waals surface area (Å²) >= 11 is 0. The van der Waals surface area contributed by atoms with E-state index >= 15 is 0 Å². The van der Waals surface area contributed by atoms with Crippen molar-refractivity contribution in [3.63, 3.8) is 0 Å². The smallest absolute Gasteiger partial charge is 0.119 e. The summed E-state index contributed by atoms with van der Waals surface area (Å²) in [6, 6.07) is 17.7. The first-order valence-corrected chi connectivity index (χ1v) is 14.2. The van der Waals surface area contributed by atoms with Crippen LogP contribution in [0.1, 0.15) is 105 Å². The van der Waals surface area contributed by atoms with E-state index in [1.54, 1.807) is 0 Å². The molecule has 1 nitrogen and oxygen atoms in total. The lowest BCUT2D eigenvalue weighted by molar-refractivity contribution is 0.276. The van der Waals surface area contributed by atoms with Crippen molar-refractivity contribution in [2.45, 2.75) is 106 Å². The number of rotatable bonds is 17. The molecule has 2 aromatic rings. The van der Waals surface area contributed by atoms with Gasteiger partial charge in [0, 0.05) is 0 Å². The van der Waals surface area contributed by atoms with Crippen LogP contribution >= 0.6 is 0 Å². The van der Waals surface area contributed by atoms with Crippen molar-refractivity contribution >= 4 is 0 Å². The summed E-state index contributed by atoms with van der Waals surface area (Å²) in [5, 5.41) is 0. The summed E-state index contributed by atoms with van der Waals surface area (Å²) in [6.07, 6.45) is 13.0. The molecule has 0 aromatic heterocycles. The highest BCUT2D eigenvalue weighted by Crippen LogP contribution is 2.26. The Kier molecular flexibility index (Phi) is 13.4. The highest BCUT2D eigenvalue weighted by molar-refractivity contribution is 5.65. The van der Waals surface area contributed by atoms with Crippen LogP contribution in [0.2, 0.25) is 0 Å². The average Bonchev–Trinajstić information content (AvgIpc) is 2.79. The zero-order valence-corrected chi connectivity index (χ0v) is 23.1. The molecule has 190 valence electrons. The van der Waals surface area contributed by atoms with Crippen molar-refractivity contribution in [1.82, 2.24) is 0 Å². The van der Waals surface area contributed by atoms with E-state index in [1.165, 1.54) is 74.5 Å². The van der Waals surface area contributed by atoms with Crippen molar-refractivity contribution in [1.29, 1.82) is 0 Å². The van der Waals surface area contributed by atoms with Crippen LogP contribution in [0.4, 0.5) is 0 Å². The molecule has 0 radical (unpaired) electrons. The third-order valence-electron chi connectivity index (χ3n) is 7.09. The maximum Gasteiger partial charge on any atom is 0.119 e. The molecule has 2 atom stereocenters. The highest BCUT2D eigenvalue weighted by atomic mass is 16.5. The molecule has 34 heavy (non-hydrogen) atoms. The lowest BCUT2D eigenvalue weighted by atomic mass is 9.94. The van der Waals surface area contributed by atoms with Crippen LogP contribution in [0.15, 0.2) is 48.5 Å². The van der Waals surface area contributed by atoms with Gasteiger partial charge in [0.05, 0.1) is 6.61 Å². The fraction of sp³-hybridized carbons (Fsp3) is 0.636. The van der Waals surface area contributed by atoms with E-state index in [1.807, 2.05) is 0 Å². The van der Waals surface area contributed by atoms with Crippen molar-refractivity contribution < 1.29 is 4.74 Å². The molecular weight excluding hydrogens is 412 g/mol. The van der Waals surface area contributed by atoms with Gasteiger partial charge in [-0.25, -0.2) is 0 Å². The molecule has 2 rings (SSSR count). The summed E-state index contributed by atoms with van der Waals surface area (Å²) < 4.78 is 6.13. The zero-order chi connectivity index (χ0) is 24.8. The van der Waals surface area contributed by atoms with E-state index in [0.717, 1.165) is 42.4 Å². The van der Waals surface area contributed by atoms with E-state index in [9.17, 15) is 0 Å². The Hall–Kier alpha value is -1.76. The van der Waals surface area contributed by atoms with E-state index in [2.05, 4.69) is 90.1 Å². The molecule has 0 aliphatic rings. The molecule has 0 bridgehead atoms. The van der Waals surface area contributed by atoms with Crippen molar-refractivity contribution in [3.8, 4) is 16.9 Å². The number of hydrogen-bond donors (Lipinski definition) is 0. The van der Waals surface area contributed by atoms with E-state index in [4.69, 9.17) is 4.74 Å². The lowest BCUT2D eigenvalue weighted by Gasteiger charge is -2.14. The van der Waals surface area contributed by atoms with Gasteiger partial charge in [-0.15, -0.1) is 0 Å². The van der Waals surface area contributed by atoms with Gasteiger partial charge in [-0.05, 0) is 71.8 Å². The fourth-order valence-corrected chi connectivity index (χ4v) is 4.74. The topological polar surface area (TPSA) is 9.23 Å². The second-order valence-corrected chi connectivity index (χ2v) is 11.6. The molecule has 2 aromatic carbocycles. The van der Waals surface area contributed by atoms with Crippen molar-refractivity contribution in [2.75, 3.05) is 6.61 Å². The maximum atomic E-state index is 6.13. The standard InChI is InChI=1S/C33H52O/c1-26(2)12-7-14-28(5)16-9-17-30-18-10-19-31(24-30)32-20-11-21-33(25-32)34-23-22-29(6)15-8-13-27(3)4/h10-11,18-21,24-29H,7-9,12-17,22-23H2,1-6H3. The zero-order valence-electron chi connectivity index (χ0n) is 23.1. The van der Waals surface area contributed by atoms with Crippen LogP contribution < -0.4 is 4.74 Å². The molecule has 0 spiro atoms. The first-order chi connectivity index (χ1) is 16.3. The summed E-state index contributed by atoms with van der Waals surface area (Å²) in [4.78, 5) is 0. The first kappa shape index (κ1) is 28.5. The second kappa shape index (κ2) is 16.0. The third kappa shape index (κ3) is 12.1. The molecule has 1 heteroatoms. The fourth-order valence-electron chi connectivity index (χ4n) is 4.74. The molecule has 0 aliphatic carbocycles. The largest absolute Gasteiger partial charge is 0.494 e. The molecule has 0 saturated carbocycles. The number of benzene rings is 2. The van der Waals surface area contributed by atoms with Gasteiger partial charge < -0.3 is 4.74 Å². The maximum absolute atomic E-state index is 6.13. The van der Waals surface area contributed by atoms with Crippen LogP contribution in [0.25, 0.3) is 11.1 Å². The average molecular weight is 465 g/mol. The van der Waals surface area contributed by atoms with Gasteiger partial charge >= 0.3 is 0 Å². The van der Waals surface area contributed by atoms with Gasteiger partial charge in [-0.3, -0.25) is 0 Å². The molecule has 0 heterocycles. The number of hydrogen-bond acceptors (Lipinski definition) is 1. The summed E-state index contributed by atoms with van der Waals surface area (Å²) in [5.41, 5.74) is 4.01. The Labute approximate surface area is 211 Å². The predicted octanol–water partition coefficient (Wildman–Crippen LogP) is 10.4. The Morgan fingerprint density at radius 3 is 1.79 bits per heavy atom. The van der Waals surface area contributed by atoms with Crippen LogP contribution in [0, 0.1) is 23.7 Å². The molecule has 0 fully saturated rings. The molecule has 2 unspecified atom stereocenters. The normalized spacial score (nSPS) is 13.4. The van der Waals surface area contributed by atoms with Gasteiger partial charge in [0.1, 0.15) is 5.75 Å². The quantitative estimate of drug-likeness (QED) is 0.226. The Morgan fingerprint density at radius 1 is 0.588 bits per heavy atom. The summed E-state index contributed by atoms with van der Waals surface area (Å²) in [6.45, 7) is 14.9. The minimum Gasteiger partial charge on any atom is -0.494 e. The minimum atomic E-state index is 0.733. The monoisotopic (exact) mass is 464 g/mol. The highest BCUT2D eigenvalue weighted by Gasteiger charge is 2.07. The van der Waals surface area contributed by atoms with Gasteiger partial charge in [0.25, 0.3) is 0 Å². The Balaban J connectivity index is 1.79. The number of aryl methyl sites for hydroxylation is 1. The summed E-state index contributed by atoms with van der Waals surface area (Å²) in [5.74, 6) is 4.22. The first-order valence-electron chi connectivity index (χ1n) is 14.2. The lowest BCUT2D eigenvalue weighted by Crippen LogP contribution is -2.05. The van der Waals surface area contributed by atoms with Crippen LogP contribution in [0.5, 0.6) is 5.75 Å².